The van der Waals surface area contributed by atoms with Gasteiger partial charge in [-0.15, -0.1) is 11.3 Å². The Morgan fingerprint density at radius 1 is 1.53 bits per heavy atom. The second-order valence-electron chi connectivity index (χ2n) is 3.41. The van der Waals surface area contributed by atoms with Crippen LogP contribution in [0.1, 0.15) is 19.8 Å². The predicted octanol–water partition coefficient (Wildman–Crippen LogP) is 1.12. The summed E-state index contributed by atoms with van der Waals surface area (Å²) in [5.41, 5.74) is 5.78. The Morgan fingerprint density at radius 2 is 2.24 bits per heavy atom. The third kappa shape index (κ3) is 4.23. The van der Waals surface area contributed by atoms with E-state index in [1.807, 2.05) is 11.6 Å². The second-order valence-corrected chi connectivity index (χ2v) is 6.23. The van der Waals surface area contributed by atoms with Crippen LogP contribution >= 0.6 is 11.3 Å². The third-order valence-electron chi connectivity index (χ3n) is 1.90. The van der Waals surface area contributed by atoms with Gasteiger partial charge >= 0.3 is 6.03 Å². The molecule has 17 heavy (non-hydrogen) atoms. The first-order valence-electron chi connectivity index (χ1n) is 5.10. The maximum Gasteiger partial charge on any atom is 0.328 e. The van der Waals surface area contributed by atoms with Crippen LogP contribution in [-0.2, 0) is 10.0 Å². The number of rotatable bonds is 5. The maximum absolute atomic E-state index is 11.7. The topological polar surface area (TPSA) is 101 Å². The van der Waals surface area contributed by atoms with Gasteiger partial charge in [-0.3, -0.25) is 0 Å². The van der Waals surface area contributed by atoms with E-state index in [9.17, 15) is 13.2 Å². The molecule has 1 rings (SSSR count). The molecule has 4 N–H and O–H groups in total. The van der Waals surface area contributed by atoms with E-state index < -0.39 is 16.1 Å². The number of carbonyl (C=O) groups excluding carboxylic acids is 1. The van der Waals surface area contributed by atoms with Crippen molar-refractivity contribution in [3.8, 4) is 0 Å². The highest BCUT2D eigenvalue weighted by atomic mass is 32.2. The zero-order valence-electron chi connectivity index (χ0n) is 9.39. The minimum Gasteiger partial charge on any atom is -0.398 e. The van der Waals surface area contributed by atoms with Crippen LogP contribution in [0.5, 0.6) is 0 Å². The molecule has 0 saturated heterocycles. The quantitative estimate of drug-likeness (QED) is 0.702. The van der Waals surface area contributed by atoms with Crippen LogP contribution in [0.2, 0.25) is 0 Å². The largest absolute Gasteiger partial charge is 0.398 e. The molecule has 1 heterocycles. The number of urea groups is 1. The molecule has 0 aliphatic rings. The Balaban J connectivity index is 2.58. The van der Waals surface area contributed by atoms with Crippen LogP contribution in [0, 0.1) is 0 Å². The summed E-state index contributed by atoms with van der Waals surface area (Å²) in [6.45, 7) is 2.43. The smallest absolute Gasteiger partial charge is 0.328 e. The first-order chi connectivity index (χ1) is 7.95. The number of carbonyl (C=O) groups is 1. The fourth-order valence-corrected chi connectivity index (χ4v) is 3.07. The summed E-state index contributed by atoms with van der Waals surface area (Å²) >= 11 is 0.971. The molecule has 0 fully saturated rings. The van der Waals surface area contributed by atoms with Crippen molar-refractivity contribution in [2.75, 3.05) is 12.3 Å². The Bertz CT molecular complexity index is 481. The second kappa shape index (κ2) is 5.87. The van der Waals surface area contributed by atoms with Gasteiger partial charge in [0.2, 0.25) is 0 Å². The summed E-state index contributed by atoms with van der Waals surface area (Å²) in [6, 6.07) is 0.595. The number of sulfonamides is 1. The van der Waals surface area contributed by atoms with E-state index in [1.54, 1.807) is 0 Å². The number of amides is 2. The highest BCUT2D eigenvalue weighted by Crippen LogP contribution is 2.20. The van der Waals surface area contributed by atoms with E-state index in [4.69, 9.17) is 5.73 Å². The van der Waals surface area contributed by atoms with Gasteiger partial charge in [0, 0.05) is 17.6 Å². The van der Waals surface area contributed by atoms with Gasteiger partial charge in [0.1, 0.15) is 4.21 Å². The Morgan fingerprint density at radius 3 is 2.76 bits per heavy atom. The van der Waals surface area contributed by atoms with Crippen molar-refractivity contribution in [3.05, 3.63) is 11.4 Å². The van der Waals surface area contributed by atoms with Crippen molar-refractivity contribution in [3.63, 3.8) is 0 Å². The van der Waals surface area contributed by atoms with Crippen molar-refractivity contribution < 1.29 is 13.2 Å². The summed E-state index contributed by atoms with van der Waals surface area (Å²) in [7, 11) is -3.80. The van der Waals surface area contributed by atoms with E-state index in [1.165, 1.54) is 11.4 Å². The SMILES string of the molecule is CCCCNC(=O)NS(=O)(=O)c1cc(N)cs1. The molecule has 2 amide bonds. The Labute approximate surface area is 104 Å². The Hall–Kier alpha value is -1.28. The number of hydrogen-bond donors (Lipinski definition) is 3. The molecule has 0 aromatic carbocycles. The molecule has 0 saturated carbocycles. The first kappa shape index (κ1) is 13.8. The van der Waals surface area contributed by atoms with E-state index in [-0.39, 0.29) is 4.21 Å². The highest BCUT2D eigenvalue weighted by molar-refractivity contribution is 7.92. The number of thiophene rings is 1. The van der Waals surface area contributed by atoms with Gasteiger partial charge in [-0.25, -0.2) is 17.9 Å². The van der Waals surface area contributed by atoms with Crippen LogP contribution in [0.25, 0.3) is 0 Å². The van der Waals surface area contributed by atoms with E-state index in [2.05, 4.69) is 5.32 Å². The van der Waals surface area contributed by atoms with Crippen molar-refractivity contribution >= 4 is 33.1 Å². The summed E-state index contributed by atoms with van der Waals surface area (Å²) in [5, 5.41) is 3.96. The van der Waals surface area contributed by atoms with Gasteiger partial charge < -0.3 is 11.1 Å². The molecule has 8 heteroatoms. The van der Waals surface area contributed by atoms with Crippen molar-refractivity contribution in [1.29, 1.82) is 0 Å². The van der Waals surface area contributed by atoms with Crippen LogP contribution in [-0.4, -0.2) is 21.0 Å². The van der Waals surface area contributed by atoms with Gasteiger partial charge in [-0.2, -0.15) is 0 Å². The number of nitrogens with one attached hydrogen (secondary N) is 2. The standard InChI is InChI=1S/C9H15N3O3S2/c1-2-3-4-11-9(13)12-17(14,15)8-5-7(10)6-16-8/h5-6H,2-4,10H2,1H3,(H2,11,12,13). The number of unbranched alkanes of at least 4 members (excludes halogenated alkanes) is 1. The molecule has 6 nitrogen and oxygen atoms in total. The fourth-order valence-electron chi connectivity index (χ4n) is 1.06. The van der Waals surface area contributed by atoms with Gasteiger partial charge in [0.25, 0.3) is 10.0 Å². The minimum atomic E-state index is -3.80. The zero-order chi connectivity index (χ0) is 12.9. The van der Waals surface area contributed by atoms with Gasteiger partial charge in [-0.05, 0) is 12.5 Å². The summed E-state index contributed by atoms with van der Waals surface area (Å²) < 4.78 is 25.3. The molecule has 0 atom stereocenters. The molecule has 0 aliphatic carbocycles. The molecule has 1 aromatic heterocycles. The number of anilines is 1. The monoisotopic (exact) mass is 277 g/mol. The molecule has 0 spiro atoms. The fraction of sp³-hybridized carbons (Fsp3) is 0.444. The number of nitrogens with two attached hydrogens (primary N) is 1. The summed E-state index contributed by atoms with van der Waals surface area (Å²) in [4.78, 5) is 11.3. The lowest BCUT2D eigenvalue weighted by molar-refractivity contribution is 0.245. The molecule has 1 aromatic rings. The summed E-state index contributed by atoms with van der Waals surface area (Å²) in [6.07, 6.45) is 1.73. The average Bonchev–Trinajstić information content (AvgIpc) is 2.65. The highest BCUT2D eigenvalue weighted by Gasteiger charge is 2.18. The van der Waals surface area contributed by atoms with E-state index in [0.717, 1.165) is 24.2 Å². The zero-order valence-corrected chi connectivity index (χ0v) is 11.0. The van der Waals surface area contributed by atoms with E-state index >= 15 is 0 Å². The minimum absolute atomic E-state index is 0.0284. The average molecular weight is 277 g/mol. The summed E-state index contributed by atoms with van der Waals surface area (Å²) in [5.74, 6) is 0. The van der Waals surface area contributed by atoms with Crippen molar-refractivity contribution in [2.24, 2.45) is 0 Å². The van der Waals surface area contributed by atoms with Gasteiger partial charge in [0.05, 0.1) is 0 Å². The number of hydrogen-bond acceptors (Lipinski definition) is 5. The number of nitrogen functional groups attached to an aromatic ring is 1. The van der Waals surface area contributed by atoms with Crippen molar-refractivity contribution in [1.82, 2.24) is 10.0 Å². The first-order valence-corrected chi connectivity index (χ1v) is 7.46. The van der Waals surface area contributed by atoms with Crippen LogP contribution in [0.3, 0.4) is 0 Å². The van der Waals surface area contributed by atoms with Crippen LogP contribution in [0.4, 0.5) is 10.5 Å². The molecular formula is C9H15N3O3S2. The van der Waals surface area contributed by atoms with Gasteiger partial charge in [-0.1, -0.05) is 13.3 Å². The normalized spacial score (nSPS) is 11.1. The van der Waals surface area contributed by atoms with E-state index in [0.29, 0.717) is 12.2 Å². The molecular weight excluding hydrogens is 262 g/mol. The van der Waals surface area contributed by atoms with Gasteiger partial charge in [0.15, 0.2) is 0 Å². The van der Waals surface area contributed by atoms with Crippen LogP contribution < -0.4 is 15.8 Å². The lowest BCUT2D eigenvalue weighted by atomic mass is 10.3. The molecule has 96 valence electrons. The maximum atomic E-state index is 11.7. The predicted molar refractivity (Wildman–Crippen MR) is 67.4 cm³/mol. The lowest BCUT2D eigenvalue weighted by Crippen LogP contribution is -2.39. The molecule has 0 unspecified atom stereocenters. The lowest BCUT2D eigenvalue weighted by Gasteiger charge is -2.06. The van der Waals surface area contributed by atoms with Crippen molar-refractivity contribution in [2.45, 2.75) is 24.0 Å². The molecule has 0 bridgehead atoms. The molecule has 0 radical (unpaired) electrons. The van der Waals surface area contributed by atoms with Crippen LogP contribution in [0.15, 0.2) is 15.7 Å². The molecule has 0 aliphatic heterocycles. The Kier molecular flexibility index (Phi) is 4.76. The third-order valence-corrected chi connectivity index (χ3v) is 4.69.